The summed E-state index contributed by atoms with van der Waals surface area (Å²) in [6, 6.07) is 39.6. The molecule has 194 valence electrons. The van der Waals surface area contributed by atoms with Gasteiger partial charge in [-0.15, -0.1) is 22.7 Å². The van der Waals surface area contributed by atoms with Gasteiger partial charge in [0.1, 0.15) is 0 Å². The van der Waals surface area contributed by atoms with Crippen LogP contribution in [-0.2, 0) is 0 Å². The lowest BCUT2D eigenvalue weighted by Gasteiger charge is -2.22. The summed E-state index contributed by atoms with van der Waals surface area (Å²) >= 11 is 3.75. The Balaban J connectivity index is 1.47. The maximum Gasteiger partial charge on any atom is 0.244 e. The minimum absolute atomic E-state index is 0.0612. The van der Waals surface area contributed by atoms with E-state index < -0.39 is 0 Å². The molecule has 0 aliphatic carbocycles. The fourth-order valence-corrected chi connectivity index (χ4v) is 10.0. The molecule has 0 unspecified atom stereocenters. The Morgan fingerprint density at radius 1 is 0.581 bits per heavy atom. The number of benzene rings is 6. The van der Waals surface area contributed by atoms with E-state index in [1.54, 1.807) is 6.07 Å². The summed E-state index contributed by atoms with van der Waals surface area (Å²) in [6.07, 6.45) is 0. The molecule has 0 fully saturated rings. The number of hydrogen-bond acceptors (Lipinski definition) is 3. The fourth-order valence-electron chi connectivity index (χ4n) is 7.68. The van der Waals surface area contributed by atoms with Crippen LogP contribution in [0.2, 0.25) is 0 Å². The van der Waals surface area contributed by atoms with Crippen molar-refractivity contribution in [2.45, 2.75) is 0 Å². The van der Waals surface area contributed by atoms with Crippen LogP contribution in [0.5, 0.6) is 0 Å². The first kappa shape index (κ1) is 23.4. The first-order valence-electron chi connectivity index (χ1n) is 14.2. The summed E-state index contributed by atoms with van der Waals surface area (Å²) in [5.74, 6) is 0. The summed E-state index contributed by atoms with van der Waals surface area (Å²) in [4.78, 5) is 3.71. The Labute approximate surface area is 255 Å². The SMILES string of the molecule is [C-]#[N+]c1cc(C#N)cc(-c2cc3c4c(c2)-c2cccc5sc6cccc(c6c25)B4c2cccc4sc5cccc-3c5c24)c1. The maximum atomic E-state index is 9.82. The highest BCUT2D eigenvalue weighted by atomic mass is 32.1. The van der Waals surface area contributed by atoms with Gasteiger partial charge in [0.05, 0.1) is 12.6 Å². The molecule has 0 spiro atoms. The van der Waals surface area contributed by atoms with Crippen LogP contribution in [0.15, 0.2) is 103 Å². The second-order valence-corrected chi connectivity index (χ2v) is 13.6. The second-order valence-electron chi connectivity index (χ2n) is 11.4. The van der Waals surface area contributed by atoms with Crippen molar-refractivity contribution in [1.29, 1.82) is 5.26 Å². The van der Waals surface area contributed by atoms with E-state index in [1.165, 1.54) is 79.0 Å². The van der Waals surface area contributed by atoms with Gasteiger partial charge in [-0.1, -0.05) is 64.9 Å². The van der Waals surface area contributed by atoms with Gasteiger partial charge in [-0.2, -0.15) is 5.26 Å². The van der Waals surface area contributed by atoms with E-state index in [4.69, 9.17) is 6.57 Å². The molecule has 2 nitrogen and oxygen atoms in total. The second kappa shape index (κ2) is 8.21. The highest BCUT2D eigenvalue weighted by Crippen LogP contribution is 2.47. The molecule has 0 bridgehead atoms. The van der Waals surface area contributed by atoms with E-state index in [-0.39, 0.29) is 6.71 Å². The third-order valence-corrected chi connectivity index (χ3v) is 11.5. The van der Waals surface area contributed by atoms with E-state index in [2.05, 4.69) is 95.8 Å². The predicted octanol–water partition coefficient (Wildman–Crippen LogP) is 8.99. The molecular formula is C38H17BN2S2. The largest absolute Gasteiger partial charge is 0.244 e. The summed E-state index contributed by atoms with van der Waals surface area (Å²) in [5, 5.41) is 15.2. The van der Waals surface area contributed by atoms with Gasteiger partial charge in [-0.3, -0.25) is 0 Å². The van der Waals surface area contributed by atoms with Gasteiger partial charge < -0.3 is 0 Å². The van der Waals surface area contributed by atoms with E-state index in [9.17, 15) is 5.26 Å². The van der Waals surface area contributed by atoms with Crippen LogP contribution >= 0.6 is 22.7 Å². The number of fused-ring (bicyclic) bond motifs is 4. The highest BCUT2D eigenvalue weighted by Gasteiger charge is 2.37. The molecular weight excluding hydrogens is 559 g/mol. The number of thiophene rings is 2. The van der Waals surface area contributed by atoms with E-state index in [1.807, 2.05) is 34.8 Å². The lowest BCUT2D eigenvalue weighted by Crippen LogP contribution is -2.52. The van der Waals surface area contributed by atoms with E-state index >= 15 is 0 Å². The number of nitrogens with zero attached hydrogens (tertiary/aromatic N) is 2. The lowest BCUT2D eigenvalue weighted by molar-refractivity contribution is 1.48. The lowest BCUT2D eigenvalue weighted by atomic mass is 9.35. The average molecular weight is 577 g/mol. The van der Waals surface area contributed by atoms with Crippen molar-refractivity contribution in [3.8, 4) is 39.4 Å². The summed E-state index contributed by atoms with van der Waals surface area (Å²) in [7, 11) is 0. The molecule has 0 saturated carbocycles. The van der Waals surface area contributed by atoms with Crippen LogP contribution in [0.1, 0.15) is 5.56 Å². The minimum atomic E-state index is 0.0612. The molecule has 4 heterocycles. The normalized spacial score (nSPS) is 12.6. The van der Waals surface area contributed by atoms with Crippen molar-refractivity contribution in [3.63, 3.8) is 0 Å². The third kappa shape index (κ3) is 2.96. The zero-order valence-electron chi connectivity index (χ0n) is 22.6. The van der Waals surface area contributed by atoms with Crippen LogP contribution in [0.4, 0.5) is 5.69 Å². The fraction of sp³-hybridized carbons (Fsp3) is 0. The van der Waals surface area contributed by atoms with E-state index in [0.29, 0.717) is 11.3 Å². The third-order valence-electron chi connectivity index (χ3n) is 9.29. The van der Waals surface area contributed by atoms with Gasteiger partial charge >= 0.3 is 0 Å². The standard InChI is InChI=1S/C38H17BN2S2/c1-41-23-15-20(19-40)14-21(16-23)22-17-26-24-6-2-10-30-34(24)36-28(8-4-12-32(36)42-30)39-29-9-5-13-33-37(29)35-25(27(18-22)38(26)39)7-3-11-31(35)43-33/h2-18H. The van der Waals surface area contributed by atoms with Gasteiger partial charge in [-0.25, -0.2) is 4.85 Å². The maximum absolute atomic E-state index is 9.82. The molecule has 5 heteroatoms. The van der Waals surface area contributed by atoms with Gasteiger partial charge in [0.15, 0.2) is 5.69 Å². The smallest absolute Gasteiger partial charge is 0.238 e. The molecule has 0 amide bonds. The molecule has 0 radical (unpaired) electrons. The molecule has 0 N–H and O–H groups in total. The van der Waals surface area contributed by atoms with Crippen molar-refractivity contribution in [2.75, 3.05) is 0 Å². The number of rotatable bonds is 1. The number of nitriles is 1. The monoisotopic (exact) mass is 576 g/mol. The predicted molar refractivity (Wildman–Crippen MR) is 184 cm³/mol. The van der Waals surface area contributed by atoms with Crippen molar-refractivity contribution in [2.24, 2.45) is 0 Å². The first-order chi connectivity index (χ1) is 21.2. The zero-order valence-corrected chi connectivity index (χ0v) is 24.2. The van der Waals surface area contributed by atoms with Gasteiger partial charge in [0.2, 0.25) is 6.71 Å². The molecule has 6 aromatic carbocycles. The molecule has 2 aromatic heterocycles. The molecule has 8 aromatic rings. The van der Waals surface area contributed by atoms with Crippen LogP contribution < -0.4 is 16.4 Å². The average Bonchev–Trinajstić information content (AvgIpc) is 3.56. The Bertz CT molecular complexity index is 2490. The van der Waals surface area contributed by atoms with Crippen LogP contribution in [0, 0.1) is 17.9 Å². The van der Waals surface area contributed by atoms with Crippen LogP contribution in [0.3, 0.4) is 0 Å². The highest BCUT2D eigenvalue weighted by molar-refractivity contribution is 7.27. The minimum Gasteiger partial charge on any atom is -0.238 e. The molecule has 10 rings (SSSR count). The Hall–Kier alpha value is -5.20. The Kier molecular flexibility index (Phi) is 4.46. The van der Waals surface area contributed by atoms with E-state index in [0.717, 1.165) is 11.1 Å². The number of hydrogen-bond donors (Lipinski definition) is 0. The van der Waals surface area contributed by atoms with Crippen LogP contribution in [-0.4, -0.2) is 6.71 Å². The van der Waals surface area contributed by atoms with Crippen molar-refractivity contribution < 1.29 is 0 Å². The summed E-state index contributed by atoms with van der Waals surface area (Å²) in [5.41, 5.74) is 11.9. The molecule has 2 aliphatic rings. The molecule has 2 aliphatic heterocycles. The molecule has 43 heavy (non-hydrogen) atoms. The van der Waals surface area contributed by atoms with Gasteiger partial charge in [-0.05, 0) is 98.8 Å². The van der Waals surface area contributed by atoms with Crippen LogP contribution in [0.25, 0.3) is 78.6 Å². The van der Waals surface area contributed by atoms with Gasteiger partial charge in [0.25, 0.3) is 0 Å². The quantitative estimate of drug-likeness (QED) is 0.142. The molecule has 0 saturated heterocycles. The molecule has 0 atom stereocenters. The van der Waals surface area contributed by atoms with Crippen molar-refractivity contribution >= 4 is 91.8 Å². The van der Waals surface area contributed by atoms with Crippen molar-refractivity contribution in [1.82, 2.24) is 0 Å². The zero-order chi connectivity index (χ0) is 28.4. The summed E-state index contributed by atoms with van der Waals surface area (Å²) < 4.78 is 5.24. The first-order valence-corrected chi connectivity index (χ1v) is 15.8. The van der Waals surface area contributed by atoms with Crippen molar-refractivity contribution in [3.05, 3.63) is 120 Å². The Morgan fingerprint density at radius 2 is 1.09 bits per heavy atom. The van der Waals surface area contributed by atoms with Gasteiger partial charge in [0, 0.05) is 35.1 Å². The topological polar surface area (TPSA) is 28.1 Å². The summed E-state index contributed by atoms with van der Waals surface area (Å²) in [6.45, 7) is 7.77. The Morgan fingerprint density at radius 3 is 1.63 bits per heavy atom.